The van der Waals surface area contributed by atoms with E-state index in [2.05, 4.69) is 20.3 Å². The molecule has 37 heavy (non-hydrogen) atoms. The molecule has 9 nitrogen and oxygen atoms in total. The van der Waals surface area contributed by atoms with Crippen molar-refractivity contribution >= 4 is 28.3 Å². The standard InChI is InChI=1S/C28H29N5O4/c1-17-13-20(8-10-24(17)37-22-9-7-18(2)29-14-22)32-27-26-23(30-16-31-27)5-4-6-25(26)36-19(3)28(35)33-12-11-21(34)15-33/h4-10,13-14,16,19,21,34H,11-12,15H2,1-3H3,(H,30,31,32)/t19-,21+/m1/s1. The van der Waals surface area contributed by atoms with E-state index in [4.69, 9.17) is 9.47 Å². The fraction of sp³-hybridized carbons (Fsp3) is 0.286. The summed E-state index contributed by atoms with van der Waals surface area (Å²) < 4.78 is 12.1. The number of hydrogen-bond acceptors (Lipinski definition) is 8. The highest BCUT2D eigenvalue weighted by molar-refractivity contribution is 5.96. The molecule has 0 unspecified atom stereocenters. The summed E-state index contributed by atoms with van der Waals surface area (Å²) in [5.41, 5.74) is 3.37. The highest BCUT2D eigenvalue weighted by Gasteiger charge is 2.29. The molecule has 1 aliphatic rings. The van der Waals surface area contributed by atoms with Gasteiger partial charge in [0.2, 0.25) is 0 Å². The van der Waals surface area contributed by atoms with Crippen LogP contribution in [-0.2, 0) is 4.79 Å². The second kappa shape index (κ2) is 10.4. The Labute approximate surface area is 215 Å². The lowest BCUT2D eigenvalue weighted by molar-refractivity contribution is -0.137. The average molecular weight is 500 g/mol. The number of ether oxygens (including phenoxy) is 2. The number of aryl methyl sites for hydroxylation is 2. The molecule has 0 aliphatic carbocycles. The molecule has 5 rings (SSSR count). The zero-order valence-corrected chi connectivity index (χ0v) is 21.0. The van der Waals surface area contributed by atoms with E-state index in [9.17, 15) is 9.90 Å². The zero-order valence-electron chi connectivity index (χ0n) is 21.0. The van der Waals surface area contributed by atoms with Gasteiger partial charge in [-0.1, -0.05) is 6.07 Å². The fourth-order valence-corrected chi connectivity index (χ4v) is 4.33. The Bertz CT molecular complexity index is 1420. The first kappa shape index (κ1) is 24.5. The largest absolute Gasteiger partial charge is 0.480 e. The second-order valence-corrected chi connectivity index (χ2v) is 9.20. The van der Waals surface area contributed by atoms with Crippen LogP contribution < -0.4 is 14.8 Å². The number of carbonyl (C=O) groups is 1. The molecule has 1 aliphatic heterocycles. The van der Waals surface area contributed by atoms with Gasteiger partial charge in [-0.15, -0.1) is 0 Å². The second-order valence-electron chi connectivity index (χ2n) is 9.20. The van der Waals surface area contributed by atoms with Crippen molar-refractivity contribution in [1.29, 1.82) is 0 Å². The topological polar surface area (TPSA) is 110 Å². The molecular weight excluding hydrogens is 470 g/mol. The monoisotopic (exact) mass is 499 g/mol. The molecule has 190 valence electrons. The van der Waals surface area contributed by atoms with Gasteiger partial charge >= 0.3 is 0 Å². The van der Waals surface area contributed by atoms with E-state index in [1.54, 1.807) is 24.1 Å². The van der Waals surface area contributed by atoms with Gasteiger partial charge in [0.05, 0.1) is 23.2 Å². The van der Waals surface area contributed by atoms with Crippen LogP contribution >= 0.6 is 0 Å². The molecule has 0 saturated carbocycles. The number of amides is 1. The van der Waals surface area contributed by atoms with Crippen molar-refractivity contribution < 1.29 is 19.4 Å². The number of benzene rings is 2. The van der Waals surface area contributed by atoms with E-state index in [1.807, 2.05) is 56.3 Å². The van der Waals surface area contributed by atoms with Crippen molar-refractivity contribution in [2.75, 3.05) is 18.4 Å². The lowest BCUT2D eigenvalue weighted by atomic mass is 10.1. The molecule has 2 aromatic heterocycles. The van der Waals surface area contributed by atoms with Gasteiger partial charge < -0.3 is 24.8 Å². The van der Waals surface area contributed by atoms with Gasteiger partial charge in [-0.3, -0.25) is 9.78 Å². The van der Waals surface area contributed by atoms with E-state index in [0.717, 1.165) is 22.7 Å². The summed E-state index contributed by atoms with van der Waals surface area (Å²) in [4.78, 5) is 27.6. The molecule has 1 amide bonds. The number of fused-ring (bicyclic) bond motifs is 1. The van der Waals surface area contributed by atoms with Crippen LogP contribution in [0.4, 0.5) is 11.5 Å². The van der Waals surface area contributed by atoms with Crippen LogP contribution in [-0.4, -0.2) is 56.2 Å². The minimum Gasteiger partial charge on any atom is -0.480 e. The minimum atomic E-state index is -0.723. The normalized spacial score (nSPS) is 16.0. The number of hydrogen-bond donors (Lipinski definition) is 2. The number of rotatable bonds is 7. The molecule has 2 N–H and O–H groups in total. The smallest absolute Gasteiger partial charge is 0.263 e. The van der Waals surface area contributed by atoms with Crippen LogP contribution in [0.2, 0.25) is 0 Å². The summed E-state index contributed by atoms with van der Waals surface area (Å²) in [5.74, 6) is 2.31. The summed E-state index contributed by atoms with van der Waals surface area (Å²) in [7, 11) is 0. The van der Waals surface area contributed by atoms with Crippen LogP contribution in [0.5, 0.6) is 17.2 Å². The van der Waals surface area contributed by atoms with E-state index >= 15 is 0 Å². The SMILES string of the molecule is Cc1ccc(Oc2ccc(Nc3ncnc4cccc(O[C@H](C)C(=O)N5CC[C@H](O)C5)c34)cc2C)cn1. The Balaban J connectivity index is 1.37. The van der Waals surface area contributed by atoms with Gasteiger partial charge in [0.1, 0.15) is 29.4 Å². The zero-order chi connectivity index (χ0) is 25.9. The van der Waals surface area contributed by atoms with Crippen LogP contribution in [0.15, 0.2) is 61.1 Å². The number of aliphatic hydroxyl groups excluding tert-OH is 1. The maximum absolute atomic E-state index is 12.9. The van der Waals surface area contributed by atoms with Crippen LogP contribution in [0.25, 0.3) is 10.9 Å². The number of aliphatic hydroxyl groups is 1. The van der Waals surface area contributed by atoms with Gasteiger partial charge in [-0.2, -0.15) is 0 Å². The molecule has 0 spiro atoms. The molecule has 0 bridgehead atoms. The number of aromatic nitrogens is 3. The van der Waals surface area contributed by atoms with Crippen molar-refractivity contribution in [2.24, 2.45) is 0 Å². The van der Waals surface area contributed by atoms with Crippen molar-refractivity contribution in [3.8, 4) is 17.2 Å². The van der Waals surface area contributed by atoms with E-state index in [1.165, 1.54) is 6.33 Å². The Kier molecular flexibility index (Phi) is 6.87. The molecule has 1 saturated heterocycles. The number of nitrogens with one attached hydrogen (secondary N) is 1. The van der Waals surface area contributed by atoms with E-state index in [0.29, 0.717) is 47.7 Å². The third kappa shape index (κ3) is 5.46. The van der Waals surface area contributed by atoms with Gasteiger partial charge in [-0.05, 0) is 75.2 Å². The van der Waals surface area contributed by atoms with Crippen LogP contribution in [0.1, 0.15) is 24.6 Å². The van der Waals surface area contributed by atoms with E-state index in [-0.39, 0.29) is 5.91 Å². The molecule has 2 aromatic carbocycles. The molecule has 2 atom stereocenters. The molecule has 1 fully saturated rings. The van der Waals surface area contributed by atoms with E-state index < -0.39 is 12.2 Å². The number of likely N-dealkylation sites (tertiary alicyclic amines) is 1. The van der Waals surface area contributed by atoms with Crippen molar-refractivity contribution in [1.82, 2.24) is 19.9 Å². The summed E-state index contributed by atoms with van der Waals surface area (Å²) in [6, 6.07) is 15.1. The van der Waals surface area contributed by atoms with Gasteiger partial charge in [0.15, 0.2) is 6.10 Å². The Morgan fingerprint density at radius 3 is 2.70 bits per heavy atom. The first-order valence-corrected chi connectivity index (χ1v) is 12.2. The summed E-state index contributed by atoms with van der Waals surface area (Å²) in [6.45, 7) is 6.47. The average Bonchev–Trinajstić information content (AvgIpc) is 3.33. The molecule has 4 aromatic rings. The quantitative estimate of drug-likeness (QED) is 0.382. The van der Waals surface area contributed by atoms with Gasteiger partial charge in [-0.25, -0.2) is 9.97 Å². The lowest BCUT2D eigenvalue weighted by Gasteiger charge is -2.22. The Hall–Kier alpha value is -4.24. The molecular formula is C28H29N5O4. The maximum atomic E-state index is 12.9. The van der Waals surface area contributed by atoms with Crippen LogP contribution in [0.3, 0.4) is 0 Å². The third-order valence-corrected chi connectivity index (χ3v) is 6.30. The molecule has 9 heteroatoms. The van der Waals surface area contributed by atoms with Crippen molar-refractivity contribution in [3.63, 3.8) is 0 Å². The van der Waals surface area contributed by atoms with Crippen molar-refractivity contribution in [2.45, 2.75) is 39.4 Å². The summed E-state index contributed by atoms with van der Waals surface area (Å²) in [5, 5.41) is 13.8. The first-order chi connectivity index (χ1) is 17.9. The lowest BCUT2D eigenvalue weighted by Crippen LogP contribution is -2.39. The fourth-order valence-electron chi connectivity index (χ4n) is 4.33. The van der Waals surface area contributed by atoms with Crippen LogP contribution in [0, 0.1) is 13.8 Å². The molecule has 3 heterocycles. The Morgan fingerprint density at radius 2 is 1.97 bits per heavy atom. The number of anilines is 2. The Morgan fingerprint density at radius 1 is 1.11 bits per heavy atom. The molecule has 0 radical (unpaired) electrons. The summed E-state index contributed by atoms with van der Waals surface area (Å²) >= 11 is 0. The van der Waals surface area contributed by atoms with Gasteiger partial charge in [0, 0.05) is 24.5 Å². The van der Waals surface area contributed by atoms with Crippen molar-refractivity contribution in [3.05, 3.63) is 72.3 Å². The number of nitrogens with zero attached hydrogens (tertiary/aromatic N) is 4. The third-order valence-electron chi connectivity index (χ3n) is 6.30. The highest BCUT2D eigenvalue weighted by Crippen LogP contribution is 2.34. The maximum Gasteiger partial charge on any atom is 0.263 e. The number of carbonyl (C=O) groups excluding carboxylic acids is 1. The van der Waals surface area contributed by atoms with Gasteiger partial charge in [0.25, 0.3) is 5.91 Å². The first-order valence-electron chi connectivity index (χ1n) is 12.2. The minimum absolute atomic E-state index is 0.157. The number of pyridine rings is 1. The predicted molar refractivity (Wildman–Crippen MR) is 140 cm³/mol. The number of β-amino-alcohol motifs (C(OH)–C–C–N with tert-alkyl or cyclic N) is 1. The highest BCUT2D eigenvalue weighted by atomic mass is 16.5. The summed E-state index contributed by atoms with van der Waals surface area (Å²) in [6.07, 6.45) is 2.57. The predicted octanol–water partition coefficient (Wildman–Crippen LogP) is 4.54.